The predicted octanol–water partition coefficient (Wildman–Crippen LogP) is 1.03. The standard InChI is InChI=1S/C14H17NO3/c1-17-11-4-5-15-10-3-2-9-6-13(16)18-14(9,8-10)12(15)7-11/h2-3,6,10-12H,4-5,7-8H2,1H3/t10?,11-,12-,14+/m1/s1. The highest BCUT2D eigenvalue weighted by atomic mass is 16.6. The van der Waals surface area contributed by atoms with Crippen molar-refractivity contribution in [1.82, 2.24) is 4.90 Å². The maximum Gasteiger partial charge on any atom is 0.332 e. The number of nitrogens with zero attached hydrogens (tertiary/aromatic N) is 1. The quantitative estimate of drug-likeness (QED) is 0.649. The van der Waals surface area contributed by atoms with E-state index in [0.29, 0.717) is 12.1 Å². The lowest BCUT2D eigenvalue weighted by molar-refractivity contribution is -0.149. The summed E-state index contributed by atoms with van der Waals surface area (Å²) in [7, 11) is 1.77. The zero-order valence-electron chi connectivity index (χ0n) is 10.5. The molecule has 0 amide bonds. The summed E-state index contributed by atoms with van der Waals surface area (Å²) >= 11 is 0. The van der Waals surface area contributed by atoms with Gasteiger partial charge in [0.2, 0.25) is 0 Å². The normalized spacial score (nSPS) is 45.5. The molecule has 4 atom stereocenters. The van der Waals surface area contributed by atoms with Crippen molar-refractivity contribution in [3.63, 3.8) is 0 Å². The monoisotopic (exact) mass is 247 g/mol. The molecular formula is C14H17NO3. The fraction of sp³-hybridized carbons (Fsp3) is 0.643. The molecule has 1 unspecified atom stereocenters. The molecule has 0 N–H and O–H groups in total. The van der Waals surface area contributed by atoms with E-state index in [1.807, 2.05) is 0 Å². The van der Waals surface area contributed by atoms with Crippen molar-refractivity contribution in [1.29, 1.82) is 0 Å². The van der Waals surface area contributed by atoms with E-state index in [-0.39, 0.29) is 17.6 Å². The van der Waals surface area contributed by atoms with Crippen LogP contribution >= 0.6 is 0 Å². The van der Waals surface area contributed by atoms with Crippen molar-refractivity contribution in [2.24, 2.45) is 0 Å². The maximum atomic E-state index is 11.6. The lowest BCUT2D eigenvalue weighted by Gasteiger charge is -2.40. The highest BCUT2D eigenvalue weighted by molar-refractivity contribution is 5.88. The molecule has 3 heterocycles. The van der Waals surface area contributed by atoms with Crippen LogP contribution in [0, 0.1) is 0 Å². The van der Waals surface area contributed by atoms with Gasteiger partial charge in [-0.05, 0) is 12.8 Å². The van der Waals surface area contributed by atoms with Crippen LogP contribution in [-0.4, -0.2) is 48.3 Å². The molecule has 4 heteroatoms. The summed E-state index contributed by atoms with van der Waals surface area (Å²) in [5, 5.41) is 0. The number of methoxy groups -OCH3 is 1. The van der Waals surface area contributed by atoms with Crippen LogP contribution in [0.25, 0.3) is 0 Å². The molecule has 1 spiro atoms. The second-order valence-corrected chi connectivity index (χ2v) is 5.68. The minimum absolute atomic E-state index is 0.184. The van der Waals surface area contributed by atoms with Crippen molar-refractivity contribution in [2.75, 3.05) is 13.7 Å². The van der Waals surface area contributed by atoms with Gasteiger partial charge in [-0.2, -0.15) is 0 Å². The predicted molar refractivity (Wildman–Crippen MR) is 65.0 cm³/mol. The number of fused-ring (bicyclic) bond motifs is 3. The summed E-state index contributed by atoms with van der Waals surface area (Å²) in [5.74, 6) is -0.184. The Morgan fingerprint density at radius 1 is 1.56 bits per heavy atom. The third kappa shape index (κ3) is 1.20. The van der Waals surface area contributed by atoms with Gasteiger partial charge in [-0.25, -0.2) is 4.79 Å². The van der Waals surface area contributed by atoms with E-state index in [4.69, 9.17) is 9.47 Å². The number of carbonyl (C=O) groups is 1. The van der Waals surface area contributed by atoms with Gasteiger partial charge in [-0.1, -0.05) is 12.2 Å². The second-order valence-electron chi connectivity index (χ2n) is 5.68. The minimum Gasteiger partial charge on any atom is -0.449 e. The van der Waals surface area contributed by atoms with Crippen LogP contribution in [0.1, 0.15) is 19.3 Å². The molecule has 0 aromatic heterocycles. The van der Waals surface area contributed by atoms with Gasteiger partial charge in [0.15, 0.2) is 5.60 Å². The molecule has 0 saturated carbocycles. The van der Waals surface area contributed by atoms with E-state index in [0.717, 1.165) is 31.4 Å². The largest absolute Gasteiger partial charge is 0.449 e. The Bertz CT molecular complexity index is 470. The van der Waals surface area contributed by atoms with E-state index in [2.05, 4.69) is 17.1 Å². The Morgan fingerprint density at radius 2 is 2.44 bits per heavy atom. The number of hydrogen-bond acceptors (Lipinski definition) is 4. The Labute approximate surface area is 106 Å². The SMILES string of the molecule is CO[C@@H]1CCN2C3C=CC4=CC(=O)O[C@]4(C3)[C@H]2C1. The minimum atomic E-state index is -0.381. The Kier molecular flexibility index (Phi) is 2.07. The first-order valence-corrected chi connectivity index (χ1v) is 6.65. The molecule has 1 aliphatic carbocycles. The highest BCUT2D eigenvalue weighted by Crippen LogP contribution is 2.51. The summed E-state index contributed by atoms with van der Waals surface area (Å²) in [4.78, 5) is 14.1. The zero-order chi connectivity index (χ0) is 12.3. The average molecular weight is 247 g/mol. The lowest BCUT2D eigenvalue weighted by Crippen LogP contribution is -2.51. The van der Waals surface area contributed by atoms with E-state index >= 15 is 0 Å². The average Bonchev–Trinajstić information content (AvgIpc) is 2.85. The third-order valence-electron chi connectivity index (χ3n) is 4.95. The molecule has 96 valence electrons. The number of hydrogen-bond donors (Lipinski definition) is 0. The van der Waals surface area contributed by atoms with Crippen LogP contribution in [0.5, 0.6) is 0 Å². The van der Waals surface area contributed by atoms with Gasteiger partial charge < -0.3 is 9.47 Å². The second kappa shape index (κ2) is 3.45. The van der Waals surface area contributed by atoms with Crippen LogP contribution in [-0.2, 0) is 14.3 Å². The number of piperidine rings is 1. The van der Waals surface area contributed by atoms with Crippen LogP contribution in [0.2, 0.25) is 0 Å². The fourth-order valence-electron chi connectivity index (χ4n) is 4.10. The van der Waals surface area contributed by atoms with Crippen molar-refractivity contribution in [3.8, 4) is 0 Å². The number of ether oxygens (including phenoxy) is 2. The molecule has 3 aliphatic heterocycles. The topological polar surface area (TPSA) is 38.8 Å². The molecule has 18 heavy (non-hydrogen) atoms. The highest BCUT2D eigenvalue weighted by Gasteiger charge is 2.60. The van der Waals surface area contributed by atoms with E-state index in [1.54, 1.807) is 13.2 Å². The van der Waals surface area contributed by atoms with Crippen LogP contribution < -0.4 is 0 Å². The molecule has 2 bridgehead atoms. The Hall–Kier alpha value is -1.13. The lowest BCUT2D eigenvalue weighted by atomic mass is 9.80. The van der Waals surface area contributed by atoms with Crippen molar-refractivity contribution < 1.29 is 14.3 Å². The summed E-state index contributed by atoms with van der Waals surface area (Å²) in [5.41, 5.74) is 0.682. The van der Waals surface area contributed by atoms with Gasteiger partial charge in [-0.3, -0.25) is 4.90 Å². The van der Waals surface area contributed by atoms with Crippen LogP contribution in [0.3, 0.4) is 0 Å². The van der Waals surface area contributed by atoms with Crippen molar-refractivity contribution in [2.45, 2.75) is 43.1 Å². The van der Waals surface area contributed by atoms with Crippen LogP contribution in [0.15, 0.2) is 23.8 Å². The number of rotatable bonds is 1. The molecule has 4 rings (SSSR count). The fourth-order valence-corrected chi connectivity index (χ4v) is 4.10. The molecule has 2 fully saturated rings. The van der Waals surface area contributed by atoms with E-state index < -0.39 is 0 Å². The summed E-state index contributed by atoms with van der Waals surface area (Å²) < 4.78 is 11.2. The molecule has 4 nitrogen and oxygen atoms in total. The number of carbonyl (C=O) groups excluding carboxylic acids is 1. The van der Waals surface area contributed by atoms with E-state index in [1.165, 1.54) is 0 Å². The third-order valence-corrected chi connectivity index (χ3v) is 4.95. The molecule has 0 aromatic carbocycles. The number of esters is 1. The molecule has 2 saturated heterocycles. The van der Waals surface area contributed by atoms with Gasteiger partial charge in [0.05, 0.1) is 12.1 Å². The first-order valence-electron chi connectivity index (χ1n) is 6.65. The summed E-state index contributed by atoms with van der Waals surface area (Å²) in [6, 6.07) is 0.713. The molecule has 0 radical (unpaired) electrons. The van der Waals surface area contributed by atoms with Crippen LogP contribution in [0.4, 0.5) is 0 Å². The first kappa shape index (κ1) is 10.8. The summed E-state index contributed by atoms with van der Waals surface area (Å²) in [6.45, 7) is 1.03. The Morgan fingerprint density at radius 3 is 3.28 bits per heavy atom. The summed E-state index contributed by atoms with van der Waals surface area (Å²) in [6.07, 6.45) is 9.20. The van der Waals surface area contributed by atoms with Crippen molar-refractivity contribution in [3.05, 3.63) is 23.8 Å². The molecule has 4 aliphatic rings. The first-order chi connectivity index (χ1) is 8.73. The van der Waals surface area contributed by atoms with Gasteiger partial charge in [-0.15, -0.1) is 0 Å². The molecular weight excluding hydrogens is 230 g/mol. The maximum absolute atomic E-state index is 11.6. The van der Waals surface area contributed by atoms with Gasteiger partial charge in [0.25, 0.3) is 0 Å². The Balaban J connectivity index is 1.75. The van der Waals surface area contributed by atoms with Gasteiger partial charge in [0.1, 0.15) is 0 Å². The van der Waals surface area contributed by atoms with E-state index in [9.17, 15) is 4.79 Å². The smallest absolute Gasteiger partial charge is 0.332 e. The van der Waals surface area contributed by atoms with Gasteiger partial charge >= 0.3 is 5.97 Å². The zero-order valence-corrected chi connectivity index (χ0v) is 10.5. The molecule has 0 aromatic rings. The van der Waals surface area contributed by atoms with Crippen molar-refractivity contribution >= 4 is 5.97 Å². The van der Waals surface area contributed by atoms with Gasteiger partial charge in [0, 0.05) is 37.8 Å².